The van der Waals surface area contributed by atoms with Crippen LogP contribution in [0.2, 0.25) is 0 Å². The van der Waals surface area contributed by atoms with E-state index >= 15 is 0 Å². The molecule has 2 N–H and O–H groups in total. The largest absolute Gasteiger partial charge is 0.396 e. The molecule has 0 aliphatic carbocycles. The summed E-state index contributed by atoms with van der Waals surface area (Å²) in [6.45, 7) is 15.5. The molecule has 0 aromatic carbocycles. The van der Waals surface area contributed by atoms with Crippen molar-refractivity contribution in [2.45, 2.75) is 105 Å². The van der Waals surface area contributed by atoms with E-state index in [4.69, 9.17) is 5.11 Å². The van der Waals surface area contributed by atoms with Crippen molar-refractivity contribution in [3.63, 3.8) is 0 Å². The summed E-state index contributed by atoms with van der Waals surface area (Å²) in [5, 5.41) is 18.3. The molecule has 2 heteroatoms. The van der Waals surface area contributed by atoms with E-state index in [2.05, 4.69) is 34.6 Å². The molecule has 0 bridgehead atoms. The van der Waals surface area contributed by atoms with Crippen molar-refractivity contribution in [2.24, 2.45) is 17.8 Å². The Bertz CT molecular complexity index is 222. The Morgan fingerprint density at radius 3 is 1.73 bits per heavy atom. The maximum atomic E-state index is 9.64. The quantitative estimate of drug-likeness (QED) is 0.505. The predicted molar refractivity (Wildman–Crippen MR) is 99.2 cm³/mol. The van der Waals surface area contributed by atoms with Gasteiger partial charge in [0.15, 0.2) is 0 Å². The van der Waals surface area contributed by atoms with Gasteiger partial charge in [0.25, 0.3) is 0 Å². The van der Waals surface area contributed by atoms with Crippen LogP contribution in [0, 0.1) is 17.8 Å². The smallest absolute Gasteiger partial charge is 0.0617 e. The van der Waals surface area contributed by atoms with E-state index < -0.39 is 5.60 Å². The lowest BCUT2D eigenvalue weighted by Crippen LogP contribution is -2.22. The molecule has 0 amide bonds. The Morgan fingerprint density at radius 1 is 0.818 bits per heavy atom. The van der Waals surface area contributed by atoms with E-state index in [1.54, 1.807) is 0 Å². The summed E-state index contributed by atoms with van der Waals surface area (Å²) >= 11 is 0. The Balaban J connectivity index is 0. The summed E-state index contributed by atoms with van der Waals surface area (Å²) in [6.07, 6.45) is 9.09. The average molecular weight is 317 g/mol. The lowest BCUT2D eigenvalue weighted by Gasteiger charge is -2.21. The molecule has 0 spiro atoms. The van der Waals surface area contributed by atoms with E-state index in [0.717, 1.165) is 37.5 Å². The second kappa shape index (κ2) is 14.5. The summed E-state index contributed by atoms with van der Waals surface area (Å²) < 4.78 is 0. The fourth-order valence-corrected chi connectivity index (χ4v) is 2.31. The van der Waals surface area contributed by atoms with Crippen LogP contribution < -0.4 is 0 Å². The average Bonchev–Trinajstić information content (AvgIpc) is 2.38. The van der Waals surface area contributed by atoms with Gasteiger partial charge in [0, 0.05) is 6.61 Å². The molecular formula is C20H44O2. The van der Waals surface area contributed by atoms with Crippen LogP contribution in [0.5, 0.6) is 0 Å². The molecule has 0 aromatic rings. The fraction of sp³-hybridized carbons (Fsp3) is 1.00. The van der Waals surface area contributed by atoms with Crippen LogP contribution in [0.4, 0.5) is 0 Å². The topological polar surface area (TPSA) is 40.5 Å². The van der Waals surface area contributed by atoms with Gasteiger partial charge >= 0.3 is 0 Å². The van der Waals surface area contributed by atoms with Gasteiger partial charge in [0.2, 0.25) is 0 Å². The van der Waals surface area contributed by atoms with Gasteiger partial charge in [-0.1, -0.05) is 73.6 Å². The van der Waals surface area contributed by atoms with Crippen LogP contribution in [0.15, 0.2) is 0 Å². The molecule has 2 nitrogen and oxygen atoms in total. The highest BCUT2D eigenvalue weighted by molar-refractivity contribution is 4.69. The molecule has 0 aliphatic heterocycles. The normalized spacial score (nSPS) is 15.4. The fourth-order valence-electron chi connectivity index (χ4n) is 2.31. The standard InChI is InChI=1S/2C10H22O/c1-9(2)5-4-6-10(3)7-8-11;1-5-10(4,11)8-6-7-9(2)3/h9-11H,4-8H2,1-3H3;9,11H,5-8H2,1-4H3. The minimum Gasteiger partial charge on any atom is -0.396 e. The Morgan fingerprint density at radius 2 is 1.32 bits per heavy atom. The Hall–Kier alpha value is -0.0800. The third-order valence-electron chi connectivity index (χ3n) is 4.36. The Kier molecular flexibility index (Phi) is 15.9. The molecule has 0 fully saturated rings. The third-order valence-corrected chi connectivity index (χ3v) is 4.36. The van der Waals surface area contributed by atoms with E-state index in [1.165, 1.54) is 25.7 Å². The zero-order valence-electron chi connectivity index (χ0n) is 16.5. The van der Waals surface area contributed by atoms with Crippen LogP contribution in [0.1, 0.15) is 99.8 Å². The maximum Gasteiger partial charge on any atom is 0.0617 e. The van der Waals surface area contributed by atoms with Crippen molar-refractivity contribution >= 4 is 0 Å². The third kappa shape index (κ3) is 19.9. The van der Waals surface area contributed by atoms with E-state index in [0.29, 0.717) is 12.5 Å². The predicted octanol–water partition coefficient (Wildman–Crippen LogP) is 5.80. The number of aliphatic hydroxyl groups is 2. The summed E-state index contributed by atoms with van der Waals surface area (Å²) in [6, 6.07) is 0. The second-order valence-electron chi connectivity index (χ2n) is 8.08. The minimum absolute atomic E-state index is 0.350. The van der Waals surface area contributed by atoms with E-state index in [-0.39, 0.29) is 0 Å². The lowest BCUT2D eigenvalue weighted by atomic mass is 9.94. The van der Waals surface area contributed by atoms with Crippen LogP contribution in [0.3, 0.4) is 0 Å². The van der Waals surface area contributed by atoms with Crippen molar-refractivity contribution in [2.75, 3.05) is 6.61 Å². The molecule has 22 heavy (non-hydrogen) atoms. The van der Waals surface area contributed by atoms with Gasteiger partial charge in [-0.25, -0.2) is 0 Å². The van der Waals surface area contributed by atoms with Crippen LogP contribution >= 0.6 is 0 Å². The zero-order chi connectivity index (χ0) is 17.6. The highest BCUT2D eigenvalue weighted by Gasteiger charge is 2.16. The molecule has 0 aromatic heterocycles. The molecular weight excluding hydrogens is 272 g/mol. The summed E-state index contributed by atoms with van der Waals surface area (Å²) in [7, 11) is 0. The van der Waals surface area contributed by atoms with Crippen LogP contribution in [0.25, 0.3) is 0 Å². The van der Waals surface area contributed by atoms with Crippen LogP contribution in [-0.2, 0) is 0 Å². The first-order chi connectivity index (χ1) is 10.1. The number of aliphatic hydroxyl groups excluding tert-OH is 1. The molecule has 0 aliphatic rings. The molecule has 0 saturated carbocycles. The van der Waals surface area contributed by atoms with Gasteiger partial charge in [-0.15, -0.1) is 0 Å². The van der Waals surface area contributed by atoms with Crippen LogP contribution in [-0.4, -0.2) is 22.4 Å². The summed E-state index contributed by atoms with van der Waals surface area (Å²) in [5.41, 5.74) is -0.422. The van der Waals surface area contributed by atoms with Crippen molar-refractivity contribution in [3.05, 3.63) is 0 Å². The lowest BCUT2D eigenvalue weighted by molar-refractivity contribution is 0.0435. The highest BCUT2D eigenvalue weighted by Crippen LogP contribution is 2.18. The van der Waals surface area contributed by atoms with Gasteiger partial charge in [-0.2, -0.15) is 0 Å². The molecule has 0 saturated heterocycles. The minimum atomic E-state index is -0.422. The van der Waals surface area contributed by atoms with Crippen molar-refractivity contribution in [3.8, 4) is 0 Å². The van der Waals surface area contributed by atoms with Crippen molar-refractivity contribution < 1.29 is 10.2 Å². The zero-order valence-corrected chi connectivity index (χ0v) is 16.5. The summed E-state index contributed by atoms with van der Waals surface area (Å²) in [5.74, 6) is 2.30. The summed E-state index contributed by atoms with van der Waals surface area (Å²) in [4.78, 5) is 0. The SMILES string of the molecule is CC(C)CCCC(C)CCO.CCC(C)(O)CCCC(C)C. The molecule has 2 atom stereocenters. The van der Waals surface area contributed by atoms with Gasteiger partial charge < -0.3 is 10.2 Å². The number of hydrogen-bond acceptors (Lipinski definition) is 2. The van der Waals surface area contributed by atoms with Gasteiger partial charge in [0.1, 0.15) is 0 Å². The Labute approximate surface area is 140 Å². The van der Waals surface area contributed by atoms with Gasteiger partial charge in [-0.05, 0) is 43.9 Å². The highest BCUT2D eigenvalue weighted by atomic mass is 16.3. The molecule has 136 valence electrons. The maximum absolute atomic E-state index is 9.64. The van der Waals surface area contributed by atoms with Crippen molar-refractivity contribution in [1.82, 2.24) is 0 Å². The number of rotatable bonds is 11. The number of hydrogen-bond donors (Lipinski definition) is 2. The molecule has 0 rings (SSSR count). The van der Waals surface area contributed by atoms with Crippen molar-refractivity contribution in [1.29, 1.82) is 0 Å². The van der Waals surface area contributed by atoms with Gasteiger partial charge in [-0.3, -0.25) is 0 Å². The van der Waals surface area contributed by atoms with E-state index in [1.807, 2.05) is 13.8 Å². The second-order valence-corrected chi connectivity index (χ2v) is 8.08. The monoisotopic (exact) mass is 316 g/mol. The first-order valence-corrected chi connectivity index (χ1v) is 9.47. The first kappa shape index (κ1) is 24.2. The first-order valence-electron chi connectivity index (χ1n) is 9.47. The molecule has 0 radical (unpaired) electrons. The van der Waals surface area contributed by atoms with Gasteiger partial charge in [0.05, 0.1) is 5.60 Å². The molecule has 0 heterocycles. The molecule has 2 unspecified atom stereocenters. The van der Waals surface area contributed by atoms with E-state index in [9.17, 15) is 5.11 Å².